The SMILES string of the molecule is CCCCCCOC1CCC(c2ccc(-c3ccc(OCCC)c(F)c3F)cc2F)OC1. The molecule has 1 heterocycles. The van der Waals surface area contributed by atoms with Crippen molar-refractivity contribution >= 4 is 0 Å². The lowest BCUT2D eigenvalue weighted by molar-refractivity contribution is -0.0881. The summed E-state index contributed by atoms with van der Waals surface area (Å²) in [6.07, 6.45) is 6.45. The first kappa shape index (κ1) is 24.6. The minimum atomic E-state index is -1.06. The molecule has 0 radical (unpaired) electrons. The third kappa shape index (κ3) is 6.26. The fourth-order valence-electron chi connectivity index (χ4n) is 3.92. The van der Waals surface area contributed by atoms with E-state index in [4.69, 9.17) is 14.2 Å². The molecule has 0 aromatic heterocycles. The number of ether oxygens (including phenoxy) is 3. The first-order chi connectivity index (χ1) is 15.5. The van der Waals surface area contributed by atoms with Gasteiger partial charge in [0.1, 0.15) is 5.82 Å². The van der Waals surface area contributed by atoms with Gasteiger partial charge in [0.25, 0.3) is 0 Å². The Hall–Kier alpha value is -2.05. The molecule has 0 N–H and O–H groups in total. The van der Waals surface area contributed by atoms with Gasteiger partial charge in [0.2, 0.25) is 5.82 Å². The number of hydrogen-bond donors (Lipinski definition) is 0. The lowest BCUT2D eigenvalue weighted by atomic mass is 9.96. The van der Waals surface area contributed by atoms with Gasteiger partial charge in [-0.05, 0) is 49.4 Å². The molecule has 2 unspecified atom stereocenters. The zero-order valence-electron chi connectivity index (χ0n) is 19.0. The van der Waals surface area contributed by atoms with E-state index in [0.29, 0.717) is 31.6 Å². The third-order valence-electron chi connectivity index (χ3n) is 5.75. The highest BCUT2D eigenvalue weighted by Crippen LogP contribution is 2.35. The van der Waals surface area contributed by atoms with Crippen molar-refractivity contribution in [2.24, 2.45) is 0 Å². The molecule has 176 valence electrons. The van der Waals surface area contributed by atoms with E-state index < -0.39 is 17.5 Å². The molecule has 1 aliphatic rings. The van der Waals surface area contributed by atoms with Crippen LogP contribution in [0.2, 0.25) is 0 Å². The van der Waals surface area contributed by atoms with E-state index in [1.807, 2.05) is 6.92 Å². The zero-order valence-corrected chi connectivity index (χ0v) is 19.0. The molecule has 1 fully saturated rings. The molecule has 2 aromatic rings. The van der Waals surface area contributed by atoms with E-state index in [0.717, 1.165) is 19.4 Å². The Morgan fingerprint density at radius 1 is 0.906 bits per heavy atom. The van der Waals surface area contributed by atoms with E-state index in [9.17, 15) is 13.2 Å². The predicted molar refractivity (Wildman–Crippen MR) is 119 cm³/mol. The Kier molecular flexibility index (Phi) is 9.42. The van der Waals surface area contributed by atoms with E-state index in [1.165, 1.54) is 37.5 Å². The van der Waals surface area contributed by atoms with Gasteiger partial charge in [0, 0.05) is 17.7 Å². The second kappa shape index (κ2) is 12.3. The van der Waals surface area contributed by atoms with Crippen LogP contribution in [-0.2, 0) is 9.47 Å². The summed E-state index contributed by atoms with van der Waals surface area (Å²) >= 11 is 0. The first-order valence-corrected chi connectivity index (χ1v) is 11.7. The van der Waals surface area contributed by atoms with Crippen LogP contribution in [0.3, 0.4) is 0 Å². The summed E-state index contributed by atoms with van der Waals surface area (Å²) in [6, 6.07) is 7.22. The Balaban J connectivity index is 1.61. The maximum Gasteiger partial charge on any atom is 0.201 e. The maximum absolute atomic E-state index is 14.9. The molecule has 0 spiro atoms. The topological polar surface area (TPSA) is 27.7 Å². The maximum atomic E-state index is 14.9. The van der Waals surface area contributed by atoms with E-state index in [-0.39, 0.29) is 29.1 Å². The van der Waals surface area contributed by atoms with Gasteiger partial charge < -0.3 is 14.2 Å². The number of unbranched alkanes of at least 4 members (excludes halogenated alkanes) is 3. The Morgan fingerprint density at radius 2 is 1.75 bits per heavy atom. The molecule has 2 aromatic carbocycles. The lowest BCUT2D eigenvalue weighted by Gasteiger charge is -2.29. The van der Waals surface area contributed by atoms with E-state index in [1.54, 1.807) is 12.1 Å². The van der Waals surface area contributed by atoms with Gasteiger partial charge >= 0.3 is 0 Å². The first-order valence-electron chi connectivity index (χ1n) is 11.7. The van der Waals surface area contributed by atoms with Crippen LogP contribution in [0.4, 0.5) is 13.2 Å². The van der Waals surface area contributed by atoms with Crippen molar-refractivity contribution < 1.29 is 27.4 Å². The number of benzene rings is 2. The van der Waals surface area contributed by atoms with Crippen LogP contribution in [0.1, 0.15) is 70.5 Å². The van der Waals surface area contributed by atoms with Crippen LogP contribution in [0, 0.1) is 17.5 Å². The van der Waals surface area contributed by atoms with Gasteiger partial charge in [-0.25, -0.2) is 8.78 Å². The highest BCUT2D eigenvalue weighted by atomic mass is 19.2. The fourth-order valence-corrected chi connectivity index (χ4v) is 3.92. The van der Waals surface area contributed by atoms with Crippen LogP contribution in [0.5, 0.6) is 5.75 Å². The largest absolute Gasteiger partial charge is 0.490 e. The van der Waals surface area contributed by atoms with Crippen LogP contribution in [0.15, 0.2) is 30.3 Å². The Bertz CT molecular complexity index is 864. The molecular weight excluding hydrogens is 417 g/mol. The second-order valence-electron chi connectivity index (χ2n) is 8.28. The van der Waals surface area contributed by atoms with Crippen LogP contribution in [0.25, 0.3) is 11.1 Å². The van der Waals surface area contributed by atoms with Crippen molar-refractivity contribution in [1.29, 1.82) is 0 Å². The zero-order chi connectivity index (χ0) is 22.9. The van der Waals surface area contributed by atoms with E-state index in [2.05, 4.69) is 6.92 Å². The number of hydrogen-bond acceptors (Lipinski definition) is 3. The highest BCUT2D eigenvalue weighted by Gasteiger charge is 2.26. The molecule has 3 nitrogen and oxygen atoms in total. The summed E-state index contributed by atoms with van der Waals surface area (Å²) in [4.78, 5) is 0. The normalized spacial score (nSPS) is 18.7. The molecule has 3 rings (SSSR count). The van der Waals surface area contributed by atoms with Gasteiger partial charge in [-0.1, -0.05) is 45.2 Å². The highest BCUT2D eigenvalue weighted by molar-refractivity contribution is 5.66. The van der Waals surface area contributed by atoms with Gasteiger partial charge in [-0.3, -0.25) is 0 Å². The Labute approximate surface area is 188 Å². The van der Waals surface area contributed by atoms with Crippen LogP contribution < -0.4 is 4.74 Å². The van der Waals surface area contributed by atoms with Crippen molar-refractivity contribution in [3.63, 3.8) is 0 Å². The number of rotatable bonds is 11. The molecule has 0 bridgehead atoms. The predicted octanol–water partition coefficient (Wildman–Crippen LogP) is 7.38. The van der Waals surface area contributed by atoms with Gasteiger partial charge in [0.05, 0.1) is 25.4 Å². The smallest absolute Gasteiger partial charge is 0.201 e. The fraction of sp³-hybridized carbons (Fsp3) is 0.538. The average molecular weight is 451 g/mol. The third-order valence-corrected chi connectivity index (χ3v) is 5.75. The molecule has 32 heavy (non-hydrogen) atoms. The van der Waals surface area contributed by atoms with Crippen molar-refractivity contribution in [2.75, 3.05) is 19.8 Å². The minimum absolute atomic E-state index is 0.00195. The molecule has 0 amide bonds. The van der Waals surface area contributed by atoms with Gasteiger partial charge in [-0.15, -0.1) is 0 Å². The van der Waals surface area contributed by atoms with Crippen LogP contribution >= 0.6 is 0 Å². The van der Waals surface area contributed by atoms with E-state index >= 15 is 0 Å². The summed E-state index contributed by atoms with van der Waals surface area (Å²) in [5, 5.41) is 0. The monoisotopic (exact) mass is 450 g/mol. The Morgan fingerprint density at radius 3 is 2.44 bits per heavy atom. The van der Waals surface area contributed by atoms with Crippen molar-refractivity contribution in [3.05, 3.63) is 53.3 Å². The van der Waals surface area contributed by atoms with Gasteiger partial charge in [-0.2, -0.15) is 4.39 Å². The average Bonchev–Trinajstić information content (AvgIpc) is 2.80. The molecule has 0 saturated carbocycles. The molecule has 6 heteroatoms. The quantitative estimate of drug-likeness (QED) is 0.334. The van der Waals surface area contributed by atoms with Crippen LogP contribution in [-0.4, -0.2) is 25.9 Å². The molecule has 0 aliphatic carbocycles. The summed E-state index contributed by atoms with van der Waals surface area (Å²) in [5.74, 6) is -2.73. The summed E-state index contributed by atoms with van der Waals surface area (Å²) in [6.45, 7) is 5.51. The lowest BCUT2D eigenvalue weighted by Crippen LogP contribution is -2.28. The van der Waals surface area contributed by atoms with Crippen molar-refractivity contribution in [2.45, 2.75) is 71.0 Å². The summed E-state index contributed by atoms with van der Waals surface area (Å²) in [5.41, 5.74) is 0.700. The molecule has 1 aliphatic heterocycles. The number of halogens is 3. The summed E-state index contributed by atoms with van der Waals surface area (Å²) < 4.78 is 60.7. The summed E-state index contributed by atoms with van der Waals surface area (Å²) in [7, 11) is 0. The minimum Gasteiger partial charge on any atom is -0.490 e. The second-order valence-corrected chi connectivity index (χ2v) is 8.28. The molecular formula is C26H33F3O3. The van der Waals surface area contributed by atoms with Crippen molar-refractivity contribution in [3.8, 4) is 16.9 Å². The molecule has 1 saturated heterocycles. The standard InChI is InChI=1S/C26H33F3O3/c1-3-5-6-7-15-30-19-9-12-23(32-17-19)21-10-8-18(16-22(21)27)20-11-13-24(31-14-4-2)26(29)25(20)28/h8,10-11,13,16,19,23H,3-7,9,12,14-15,17H2,1-2H3. The van der Waals surface area contributed by atoms with Gasteiger partial charge in [0.15, 0.2) is 11.6 Å². The molecule has 2 atom stereocenters. The van der Waals surface area contributed by atoms with Crippen molar-refractivity contribution in [1.82, 2.24) is 0 Å².